The number of nitrogens with two attached hydrogens (primary N) is 1. The van der Waals surface area contributed by atoms with Gasteiger partial charge in [-0.05, 0) is 66.2 Å². The van der Waals surface area contributed by atoms with Crippen molar-refractivity contribution in [2.75, 3.05) is 16.4 Å². The smallest absolute Gasteiger partial charge is 0.323 e. The highest BCUT2D eigenvalue weighted by Gasteiger charge is 2.16. The predicted molar refractivity (Wildman–Crippen MR) is 149 cm³/mol. The van der Waals surface area contributed by atoms with Crippen molar-refractivity contribution >= 4 is 50.4 Å². The van der Waals surface area contributed by atoms with Crippen molar-refractivity contribution in [1.82, 2.24) is 4.98 Å². The topological polar surface area (TPSA) is 97.1 Å². The first-order valence-corrected chi connectivity index (χ1v) is 12.3. The minimum absolute atomic E-state index is 0.0182. The fraction of sp³-hybridized carbons (Fsp3) is 0.0690. The number of aryl methyl sites for hydroxylation is 1. The van der Waals surface area contributed by atoms with Crippen molar-refractivity contribution in [2.24, 2.45) is 0 Å². The molecule has 0 radical (unpaired) electrons. The summed E-state index contributed by atoms with van der Waals surface area (Å²) < 4.78 is 1.01. The van der Waals surface area contributed by atoms with Gasteiger partial charge in [-0.3, -0.25) is 4.79 Å². The molecule has 36 heavy (non-hydrogen) atoms. The Bertz CT molecular complexity index is 1610. The van der Waals surface area contributed by atoms with E-state index in [1.807, 2.05) is 79.7 Å². The highest BCUT2D eigenvalue weighted by Crippen LogP contribution is 2.42. The molecule has 0 saturated carbocycles. The molecular formula is C29H24N4O2S. The van der Waals surface area contributed by atoms with Gasteiger partial charge in [-0.1, -0.05) is 42.5 Å². The summed E-state index contributed by atoms with van der Waals surface area (Å²) in [7, 11) is 0. The number of urea groups is 1. The Balaban J connectivity index is 1.42. The number of carbonyl (C=O) groups excluding carboxylic acids is 2. The summed E-state index contributed by atoms with van der Waals surface area (Å²) in [6, 6.07) is 22.5. The molecule has 3 aromatic carbocycles. The Morgan fingerprint density at radius 1 is 0.861 bits per heavy atom. The monoisotopic (exact) mass is 492 g/mol. The van der Waals surface area contributed by atoms with E-state index in [0.717, 1.165) is 43.6 Å². The first-order valence-electron chi connectivity index (χ1n) is 11.4. The zero-order valence-corrected chi connectivity index (χ0v) is 20.6. The molecular weight excluding hydrogens is 468 g/mol. The number of anilines is 3. The van der Waals surface area contributed by atoms with Gasteiger partial charge in [0.1, 0.15) is 5.82 Å². The second-order valence-corrected chi connectivity index (χ2v) is 9.45. The Hall–Kier alpha value is -4.49. The SMILES string of the molecule is CC(=O)c1cccc(-c2cnc(N)c3c(-c4ccc(NC(=O)Nc5cccc(C)c5)cc4)csc23)c1. The van der Waals surface area contributed by atoms with Crippen LogP contribution in [0.1, 0.15) is 22.8 Å². The summed E-state index contributed by atoms with van der Waals surface area (Å²) in [5, 5.41) is 8.65. The maximum atomic E-state index is 12.4. The molecule has 4 N–H and O–H groups in total. The van der Waals surface area contributed by atoms with Crippen molar-refractivity contribution in [1.29, 1.82) is 0 Å². The van der Waals surface area contributed by atoms with Crippen molar-refractivity contribution < 1.29 is 9.59 Å². The number of pyridine rings is 1. The van der Waals surface area contributed by atoms with Crippen LogP contribution in [0.5, 0.6) is 0 Å². The van der Waals surface area contributed by atoms with E-state index >= 15 is 0 Å². The van der Waals surface area contributed by atoms with Gasteiger partial charge in [0.05, 0.1) is 0 Å². The fourth-order valence-electron chi connectivity index (χ4n) is 4.14. The molecule has 0 unspecified atom stereocenters. The molecule has 0 aliphatic carbocycles. The number of nitrogen functional groups attached to an aromatic ring is 1. The van der Waals surface area contributed by atoms with E-state index in [2.05, 4.69) is 21.0 Å². The number of hydrogen-bond donors (Lipinski definition) is 3. The molecule has 6 nitrogen and oxygen atoms in total. The number of thiophene rings is 1. The van der Waals surface area contributed by atoms with Crippen molar-refractivity contribution in [3.8, 4) is 22.3 Å². The average Bonchev–Trinajstić information content (AvgIpc) is 3.31. The first-order chi connectivity index (χ1) is 17.4. The van der Waals surface area contributed by atoms with Crippen LogP contribution in [0.3, 0.4) is 0 Å². The summed E-state index contributed by atoms with van der Waals surface area (Å²) in [5.41, 5.74) is 13.3. The van der Waals surface area contributed by atoms with E-state index in [1.54, 1.807) is 24.5 Å². The van der Waals surface area contributed by atoms with Crippen LogP contribution in [0.25, 0.3) is 32.3 Å². The third-order valence-corrected chi connectivity index (χ3v) is 6.95. The fourth-order valence-corrected chi connectivity index (χ4v) is 5.26. The maximum Gasteiger partial charge on any atom is 0.323 e. The molecule has 5 aromatic rings. The first kappa shape index (κ1) is 23.3. The maximum absolute atomic E-state index is 12.4. The molecule has 178 valence electrons. The van der Waals surface area contributed by atoms with Gasteiger partial charge in [0.25, 0.3) is 0 Å². The van der Waals surface area contributed by atoms with E-state index in [9.17, 15) is 9.59 Å². The number of rotatable bonds is 5. The van der Waals surface area contributed by atoms with Crippen LogP contribution in [0.2, 0.25) is 0 Å². The van der Waals surface area contributed by atoms with Gasteiger partial charge in [0.15, 0.2) is 5.78 Å². The van der Waals surface area contributed by atoms with Crippen LogP contribution < -0.4 is 16.4 Å². The largest absolute Gasteiger partial charge is 0.383 e. The third kappa shape index (κ3) is 4.69. The van der Waals surface area contributed by atoms with E-state index in [4.69, 9.17) is 5.73 Å². The summed E-state index contributed by atoms with van der Waals surface area (Å²) in [5.74, 6) is 0.470. The van der Waals surface area contributed by atoms with Crippen LogP contribution in [0.15, 0.2) is 84.4 Å². The van der Waals surface area contributed by atoms with Crippen LogP contribution in [0, 0.1) is 6.92 Å². The normalized spacial score (nSPS) is 10.8. The van der Waals surface area contributed by atoms with Gasteiger partial charge >= 0.3 is 6.03 Å². The number of fused-ring (bicyclic) bond motifs is 1. The number of aromatic nitrogens is 1. The number of nitrogens with zero attached hydrogens (tertiary/aromatic N) is 1. The predicted octanol–water partition coefficient (Wildman–Crippen LogP) is 7.37. The van der Waals surface area contributed by atoms with Crippen LogP contribution in [0.4, 0.5) is 22.0 Å². The molecule has 2 aromatic heterocycles. The summed E-state index contributed by atoms with van der Waals surface area (Å²) in [6.07, 6.45) is 1.76. The molecule has 0 atom stereocenters. The molecule has 5 rings (SSSR count). The molecule has 2 heterocycles. The number of Topliss-reactive ketones (excluding diaryl/α,β-unsaturated/α-hetero) is 1. The lowest BCUT2D eigenvalue weighted by Crippen LogP contribution is -2.19. The standard InChI is InChI=1S/C29H24N4O2S/c1-17-5-3-8-23(13-17)33-29(35)32-22-11-9-19(10-12-22)25-16-36-27-24(15-31-28(30)26(25)27)21-7-4-6-20(14-21)18(2)34/h3-16H,1-2H3,(H2,30,31)(H2,32,33,35). The molecule has 0 saturated heterocycles. The van der Waals surface area contributed by atoms with Gasteiger partial charge in [0, 0.05) is 44.3 Å². The van der Waals surface area contributed by atoms with Gasteiger partial charge < -0.3 is 16.4 Å². The number of carbonyl (C=O) groups is 2. The van der Waals surface area contributed by atoms with E-state index < -0.39 is 0 Å². The quantitative estimate of drug-likeness (QED) is 0.223. The molecule has 0 bridgehead atoms. The highest BCUT2D eigenvalue weighted by molar-refractivity contribution is 7.18. The molecule has 0 aliphatic heterocycles. The molecule has 0 fully saturated rings. The second kappa shape index (κ2) is 9.64. The van der Waals surface area contributed by atoms with Crippen LogP contribution >= 0.6 is 11.3 Å². The summed E-state index contributed by atoms with van der Waals surface area (Å²) in [4.78, 5) is 28.7. The third-order valence-electron chi connectivity index (χ3n) is 5.93. The zero-order chi connectivity index (χ0) is 25.2. The molecule has 0 spiro atoms. The van der Waals surface area contributed by atoms with Crippen molar-refractivity contribution in [2.45, 2.75) is 13.8 Å². The van der Waals surface area contributed by atoms with Gasteiger partial charge in [0.2, 0.25) is 0 Å². The Morgan fingerprint density at radius 3 is 2.36 bits per heavy atom. The number of benzene rings is 3. The summed E-state index contributed by atoms with van der Waals surface area (Å²) in [6.45, 7) is 3.54. The van der Waals surface area contributed by atoms with E-state index in [-0.39, 0.29) is 11.8 Å². The lowest BCUT2D eigenvalue weighted by Gasteiger charge is -2.10. The number of nitrogens with one attached hydrogen (secondary N) is 2. The molecule has 0 aliphatic rings. The van der Waals surface area contributed by atoms with Crippen LogP contribution in [-0.4, -0.2) is 16.8 Å². The van der Waals surface area contributed by atoms with Crippen LogP contribution in [-0.2, 0) is 0 Å². The minimum atomic E-state index is -0.305. The van der Waals surface area contributed by atoms with Gasteiger partial charge in [-0.25, -0.2) is 9.78 Å². The Labute approximate surface area is 212 Å². The zero-order valence-electron chi connectivity index (χ0n) is 19.8. The highest BCUT2D eigenvalue weighted by atomic mass is 32.1. The average molecular weight is 493 g/mol. The number of amides is 2. The Kier molecular flexibility index (Phi) is 6.23. The second-order valence-electron chi connectivity index (χ2n) is 8.57. The number of ketones is 1. The van der Waals surface area contributed by atoms with E-state index in [0.29, 0.717) is 17.1 Å². The van der Waals surface area contributed by atoms with Gasteiger partial charge in [-0.15, -0.1) is 11.3 Å². The Morgan fingerprint density at radius 2 is 1.61 bits per heavy atom. The lowest BCUT2D eigenvalue weighted by atomic mass is 9.99. The van der Waals surface area contributed by atoms with Crippen molar-refractivity contribution in [3.05, 3.63) is 95.5 Å². The minimum Gasteiger partial charge on any atom is -0.383 e. The molecule has 7 heteroatoms. The van der Waals surface area contributed by atoms with E-state index in [1.165, 1.54) is 0 Å². The lowest BCUT2D eigenvalue weighted by molar-refractivity contribution is 0.101. The molecule has 2 amide bonds. The summed E-state index contributed by atoms with van der Waals surface area (Å²) >= 11 is 1.59. The van der Waals surface area contributed by atoms with Crippen molar-refractivity contribution in [3.63, 3.8) is 0 Å². The number of hydrogen-bond acceptors (Lipinski definition) is 5. The van der Waals surface area contributed by atoms with Gasteiger partial charge in [-0.2, -0.15) is 0 Å².